The van der Waals surface area contributed by atoms with Crippen molar-refractivity contribution in [2.45, 2.75) is 284 Å². The third kappa shape index (κ3) is 51.9. The van der Waals surface area contributed by atoms with Gasteiger partial charge in [0.1, 0.15) is 13.2 Å². The fourth-order valence-corrected chi connectivity index (χ4v) is 7.73. The first-order chi connectivity index (χ1) is 32.0. The number of carbonyl (C=O) groups is 3. The predicted molar refractivity (Wildman–Crippen MR) is 279 cm³/mol. The van der Waals surface area contributed by atoms with Gasteiger partial charge in [-0.1, -0.05) is 210 Å². The number of carbonyl (C=O) groups excluding carboxylic acids is 3. The fourth-order valence-electron chi connectivity index (χ4n) is 7.73. The van der Waals surface area contributed by atoms with E-state index >= 15 is 0 Å². The third-order valence-corrected chi connectivity index (χ3v) is 12.0. The van der Waals surface area contributed by atoms with Crippen LogP contribution >= 0.6 is 0 Å². The Morgan fingerprint density at radius 2 is 0.554 bits per heavy atom. The van der Waals surface area contributed by atoms with E-state index in [4.69, 9.17) is 14.2 Å². The SMILES string of the molecule is CCCCC/C=C\C/C=C\C/C=C\CCCCC(=O)O[C@@H](COC(=O)CCCCCCC/C=C\CCCCCC)COC(=O)CCCCCCCCCCC/C=C\CCCCCCCC. The molecule has 0 aromatic rings. The summed E-state index contributed by atoms with van der Waals surface area (Å²) in [5.41, 5.74) is 0. The molecule has 0 rings (SSSR count). The maximum atomic E-state index is 12.8. The molecule has 0 saturated heterocycles. The number of allylic oxidation sites excluding steroid dienone is 10. The van der Waals surface area contributed by atoms with Crippen LogP contribution in [-0.2, 0) is 28.6 Å². The number of hydrogen-bond acceptors (Lipinski definition) is 6. The van der Waals surface area contributed by atoms with Gasteiger partial charge in [-0.25, -0.2) is 0 Å². The van der Waals surface area contributed by atoms with Crippen LogP contribution in [-0.4, -0.2) is 37.2 Å². The van der Waals surface area contributed by atoms with E-state index in [0.717, 1.165) is 70.6 Å². The Bertz CT molecular complexity index is 1180. The summed E-state index contributed by atoms with van der Waals surface area (Å²) in [6, 6.07) is 0. The smallest absolute Gasteiger partial charge is 0.306 e. The van der Waals surface area contributed by atoms with Gasteiger partial charge >= 0.3 is 17.9 Å². The molecule has 6 heteroatoms. The molecular weight excluding hydrogens is 805 g/mol. The van der Waals surface area contributed by atoms with E-state index in [2.05, 4.69) is 81.5 Å². The first-order valence-corrected chi connectivity index (χ1v) is 27.8. The summed E-state index contributed by atoms with van der Waals surface area (Å²) in [4.78, 5) is 38.0. The number of ether oxygens (including phenoxy) is 3. The van der Waals surface area contributed by atoms with Gasteiger partial charge in [-0.2, -0.15) is 0 Å². The van der Waals surface area contributed by atoms with Crippen molar-refractivity contribution in [2.75, 3.05) is 13.2 Å². The molecule has 1 atom stereocenters. The highest BCUT2D eigenvalue weighted by Crippen LogP contribution is 2.15. The molecule has 65 heavy (non-hydrogen) atoms. The fraction of sp³-hybridized carbons (Fsp3) is 0.780. The molecule has 0 amide bonds. The minimum Gasteiger partial charge on any atom is -0.462 e. The summed E-state index contributed by atoms with van der Waals surface area (Å²) < 4.78 is 16.8. The standard InChI is InChI=1S/C59H104O6/c1-4-7-10-13-16-19-22-25-27-28-29-30-32-34-37-40-43-46-49-52-58(61)64-55-56(54-63-57(60)51-48-45-42-39-36-33-24-21-18-15-12-9-6-3)65-59(62)53-50-47-44-41-38-35-31-26-23-20-17-14-11-8-5-2/h17,20-21,24-27,31,38,41,56H,4-16,18-19,22-23,28-30,32-37,39-40,42-55H2,1-3H3/b20-17-,24-21-,27-25-,31-26-,41-38-/t56-/m0/s1. The number of hydrogen-bond donors (Lipinski definition) is 0. The highest BCUT2D eigenvalue weighted by Gasteiger charge is 2.19. The summed E-state index contributed by atoms with van der Waals surface area (Å²) >= 11 is 0. The zero-order valence-corrected chi connectivity index (χ0v) is 43.0. The van der Waals surface area contributed by atoms with Crippen LogP contribution in [0.1, 0.15) is 278 Å². The quantitative estimate of drug-likeness (QED) is 0.0262. The Morgan fingerprint density at radius 1 is 0.308 bits per heavy atom. The Kier molecular flexibility index (Phi) is 51.3. The van der Waals surface area contributed by atoms with E-state index in [1.165, 1.54) is 161 Å². The van der Waals surface area contributed by atoms with Gasteiger partial charge in [0.15, 0.2) is 6.10 Å². The maximum absolute atomic E-state index is 12.8. The maximum Gasteiger partial charge on any atom is 0.306 e. The second-order valence-corrected chi connectivity index (χ2v) is 18.5. The molecule has 0 spiro atoms. The second-order valence-electron chi connectivity index (χ2n) is 18.5. The van der Waals surface area contributed by atoms with E-state index in [1.54, 1.807) is 0 Å². The Morgan fingerprint density at radius 3 is 0.954 bits per heavy atom. The van der Waals surface area contributed by atoms with Crippen LogP contribution < -0.4 is 0 Å². The van der Waals surface area contributed by atoms with E-state index in [-0.39, 0.29) is 37.5 Å². The summed E-state index contributed by atoms with van der Waals surface area (Å²) in [5, 5.41) is 0. The molecule has 0 heterocycles. The van der Waals surface area contributed by atoms with Gasteiger partial charge in [0.05, 0.1) is 0 Å². The van der Waals surface area contributed by atoms with E-state index in [0.29, 0.717) is 19.3 Å². The minimum atomic E-state index is -0.797. The lowest BCUT2D eigenvalue weighted by Crippen LogP contribution is -2.30. The molecule has 0 saturated carbocycles. The molecule has 0 radical (unpaired) electrons. The molecule has 0 aliphatic rings. The van der Waals surface area contributed by atoms with Gasteiger partial charge in [-0.3, -0.25) is 14.4 Å². The zero-order valence-electron chi connectivity index (χ0n) is 43.0. The highest BCUT2D eigenvalue weighted by molar-refractivity contribution is 5.71. The lowest BCUT2D eigenvalue weighted by molar-refractivity contribution is -0.167. The Balaban J connectivity index is 4.40. The molecule has 0 fully saturated rings. The van der Waals surface area contributed by atoms with E-state index in [9.17, 15) is 14.4 Å². The van der Waals surface area contributed by atoms with E-state index < -0.39 is 6.10 Å². The average molecular weight is 909 g/mol. The van der Waals surface area contributed by atoms with Gasteiger partial charge in [-0.05, 0) is 109 Å². The monoisotopic (exact) mass is 909 g/mol. The molecule has 0 aromatic carbocycles. The first-order valence-electron chi connectivity index (χ1n) is 27.8. The number of rotatable bonds is 50. The van der Waals surface area contributed by atoms with Crippen LogP contribution in [0.2, 0.25) is 0 Å². The third-order valence-electron chi connectivity index (χ3n) is 12.0. The van der Waals surface area contributed by atoms with Crippen LogP contribution in [0.3, 0.4) is 0 Å². The summed E-state index contributed by atoms with van der Waals surface area (Å²) in [5.74, 6) is -0.935. The van der Waals surface area contributed by atoms with Crippen molar-refractivity contribution in [1.82, 2.24) is 0 Å². The molecule has 6 nitrogen and oxygen atoms in total. The van der Waals surface area contributed by atoms with Crippen LogP contribution in [0.4, 0.5) is 0 Å². The molecule has 0 aromatic heterocycles. The summed E-state index contributed by atoms with van der Waals surface area (Å²) in [7, 11) is 0. The minimum absolute atomic E-state index is 0.0924. The van der Waals surface area contributed by atoms with Gasteiger partial charge < -0.3 is 14.2 Å². The lowest BCUT2D eigenvalue weighted by atomic mass is 10.1. The Labute approximate surface area is 402 Å². The number of esters is 3. The molecule has 0 bridgehead atoms. The molecule has 376 valence electrons. The summed E-state index contributed by atoms with van der Waals surface area (Å²) in [6.45, 7) is 6.57. The first kappa shape index (κ1) is 62.1. The molecule has 0 N–H and O–H groups in total. The van der Waals surface area contributed by atoms with Crippen LogP contribution in [0, 0.1) is 0 Å². The summed E-state index contributed by atoms with van der Waals surface area (Å²) in [6.07, 6.45) is 66.4. The van der Waals surface area contributed by atoms with Gasteiger partial charge in [0.2, 0.25) is 0 Å². The number of unbranched alkanes of at least 4 members (excludes halogenated alkanes) is 29. The van der Waals surface area contributed by atoms with Crippen molar-refractivity contribution in [1.29, 1.82) is 0 Å². The lowest BCUT2D eigenvalue weighted by Gasteiger charge is -2.18. The molecule has 0 aliphatic carbocycles. The molecule has 0 unspecified atom stereocenters. The largest absolute Gasteiger partial charge is 0.462 e. The predicted octanol–water partition coefficient (Wildman–Crippen LogP) is 18.4. The normalized spacial score (nSPS) is 12.5. The average Bonchev–Trinajstić information content (AvgIpc) is 3.30. The van der Waals surface area contributed by atoms with Gasteiger partial charge in [0.25, 0.3) is 0 Å². The molecular formula is C59H104O6. The second kappa shape index (κ2) is 53.7. The van der Waals surface area contributed by atoms with E-state index in [1.807, 2.05) is 0 Å². The topological polar surface area (TPSA) is 78.9 Å². The van der Waals surface area contributed by atoms with Crippen LogP contribution in [0.25, 0.3) is 0 Å². The van der Waals surface area contributed by atoms with Crippen molar-refractivity contribution in [3.8, 4) is 0 Å². The molecule has 0 aliphatic heterocycles. The van der Waals surface area contributed by atoms with Gasteiger partial charge in [-0.15, -0.1) is 0 Å². The van der Waals surface area contributed by atoms with Crippen molar-refractivity contribution < 1.29 is 28.6 Å². The zero-order chi connectivity index (χ0) is 47.2. The van der Waals surface area contributed by atoms with Crippen molar-refractivity contribution >= 4 is 17.9 Å². The van der Waals surface area contributed by atoms with Crippen molar-refractivity contribution in [2.24, 2.45) is 0 Å². The van der Waals surface area contributed by atoms with Gasteiger partial charge in [0, 0.05) is 19.3 Å². The van der Waals surface area contributed by atoms with Crippen LogP contribution in [0.15, 0.2) is 60.8 Å². The highest BCUT2D eigenvalue weighted by atomic mass is 16.6. The van der Waals surface area contributed by atoms with Crippen molar-refractivity contribution in [3.63, 3.8) is 0 Å². The van der Waals surface area contributed by atoms with Crippen LogP contribution in [0.5, 0.6) is 0 Å². The van der Waals surface area contributed by atoms with Crippen molar-refractivity contribution in [3.05, 3.63) is 60.8 Å². The Hall–Kier alpha value is -2.89.